The van der Waals surface area contributed by atoms with Crippen molar-refractivity contribution in [3.63, 3.8) is 0 Å². The molecule has 0 saturated carbocycles. The van der Waals surface area contributed by atoms with Gasteiger partial charge < -0.3 is 4.74 Å². The number of benzene rings is 2. The molecule has 0 amide bonds. The molecule has 5 nitrogen and oxygen atoms in total. The van der Waals surface area contributed by atoms with E-state index in [1.165, 1.54) is 12.1 Å². The van der Waals surface area contributed by atoms with Crippen LogP contribution < -0.4 is 9.46 Å². The third kappa shape index (κ3) is 4.62. The lowest BCUT2D eigenvalue weighted by atomic mass is 10.1. The molecule has 0 saturated heterocycles. The lowest BCUT2D eigenvalue weighted by Crippen LogP contribution is -2.30. The first kappa shape index (κ1) is 18.1. The molecule has 2 aromatic rings. The molecule has 2 aromatic carbocycles. The summed E-state index contributed by atoms with van der Waals surface area (Å²) < 4.78 is 45.3. The van der Waals surface area contributed by atoms with Crippen molar-refractivity contribution in [1.29, 1.82) is 0 Å². The fraction of sp³-hybridized carbons (Fsp3) is 0.235. The SMILES string of the molecule is CCCOc1cccc(C(=O)CNS(=O)(=O)c2ccccc2F)c1. The van der Waals surface area contributed by atoms with E-state index in [2.05, 4.69) is 4.72 Å². The lowest BCUT2D eigenvalue weighted by molar-refractivity contribution is 0.0996. The fourth-order valence-electron chi connectivity index (χ4n) is 1.98. The molecule has 0 spiro atoms. The predicted molar refractivity (Wildman–Crippen MR) is 88.1 cm³/mol. The van der Waals surface area contributed by atoms with Gasteiger partial charge in [-0.25, -0.2) is 17.5 Å². The number of Topliss-reactive ketones (excluding diaryl/α,β-unsaturated/α-hetero) is 1. The van der Waals surface area contributed by atoms with Crippen LogP contribution in [0.4, 0.5) is 4.39 Å². The lowest BCUT2D eigenvalue weighted by Gasteiger charge is -2.08. The number of carbonyl (C=O) groups is 1. The van der Waals surface area contributed by atoms with Crippen LogP contribution in [0.1, 0.15) is 23.7 Å². The molecule has 0 unspecified atom stereocenters. The second-order valence-corrected chi connectivity index (χ2v) is 6.79. The van der Waals surface area contributed by atoms with E-state index in [9.17, 15) is 17.6 Å². The standard InChI is InChI=1S/C17H18FNO4S/c1-2-10-23-14-7-5-6-13(11-14)16(20)12-19-24(21,22)17-9-4-3-8-15(17)18/h3-9,11,19H,2,10,12H2,1H3. The molecule has 1 N–H and O–H groups in total. The average Bonchev–Trinajstić information content (AvgIpc) is 2.58. The van der Waals surface area contributed by atoms with E-state index < -0.39 is 33.1 Å². The van der Waals surface area contributed by atoms with E-state index in [4.69, 9.17) is 4.74 Å². The zero-order valence-corrected chi connectivity index (χ0v) is 14.0. The molecular weight excluding hydrogens is 333 g/mol. The Labute approximate surface area is 140 Å². The molecule has 0 aromatic heterocycles. The van der Waals surface area contributed by atoms with Gasteiger partial charge in [-0.1, -0.05) is 31.2 Å². The van der Waals surface area contributed by atoms with E-state index in [0.29, 0.717) is 17.9 Å². The topological polar surface area (TPSA) is 72.5 Å². The number of sulfonamides is 1. The van der Waals surface area contributed by atoms with Gasteiger partial charge in [-0.05, 0) is 30.7 Å². The van der Waals surface area contributed by atoms with Crippen LogP contribution in [0.5, 0.6) is 5.75 Å². The van der Waals surface area contributed by atoms with Gasteiger partial charge in [0.05, 0.1) is 13.2 Å². The summed E-state index contributed by atoms with van der Waals surface area (Å²) in [7, 11) is -4.10. The van der Waals surface area contributed by atoms with E-state index in [1.807, 2.05) is 6.92 Å². The number of nitrogens with one attached hydrogen (secondary N) is 1. The summed E-state index contributed by atoms with van der Waals surface area (Å²) in [5.74, 6) is -0.760. The smallest absolute Gasteiger partial charge is 0.243 e. The average molecular weight is 351 g/mol. The first-order chi connectivity index (χ1) is 11.4. The van der Waals surface area contributed by atoms with E-state index in [0.717, 1.165) is 18.6 Å². The molecule has 0 heterocycles. The third-order valence-corrected chi connectivity index (χ3v) is 4.61. The molecule has 0 atom stereocenters. The maximum atomic E-state index is 13.6. The largest absolute Gasteiger partial charge is 0.494 e. The Morgan fingerprint density at radius 3 is 2.62 bits per heavy atom. The van der Waals surface area contributed by atoms with Gasteiger partial charge >= 0.3 is 0 Å². The molecule has 0 aliphatic rings. The number of ether oxygens (including phenoxy) is 1. The molecule has 128 valence electrons. The van der Waals surface area contributed by atoms with Crippen molar-refractivity contribution in [2.45, 2.75) is 18.2 Å². The Morgan fingerprint density at radius 2 is 1.92 bits per heavy atom. The number of halogens is 1. The van der Waals surface area contributed by atoms with E-state index in [-0.39, 0.29) is 0 Å². The normalized spacial score (nSPS) is 11.2. The van der Waals surface area contributed by atoms with Gasteiger partial charge in [-0.15, -0.1) is 0 Å². The summed E-state index contributed by atoms with van der Waals surface area (Å²) in [5, 5.41) is 0. The van der Waals surface area contributed by atoms with Crippen molar-refractivity contribution in [2.75, 3.05) is 13.2 Å². The Balaban J connectivity index is 2.06. The molecular formula is C17H18FNO4S. The second kappa shape index (κ2) is 8.03. The number of rotatable bonds is 8. The van der Waals surface area contributed by atoms with Crippen LogP contribution >= 0.6 is 0 Å². The number of carbonyl (C=O) groups excluding carboxylic acids is 1. The maximum Gasteiger partial charge on any atom is 0.243 e. The van der Waals surface area contributed by atoms with Crippen LogP contribution in [0.15, 0.2) is 53.4 Å². The Hall–Kier alpha value is -2.25. The first-order valence-electron chi connectivity index (χ1n) is 7.44. The number of ketones is 1. The third-order valence-electron chi connectivity index (χ3n) is 3.18. The van der Waals surface area contributed by atoms with Crippen LogP contribution in [-0.4, -0.2) is 27.4 Å². The maximum absolute atomic E-state index is 13.6. The van der Waals surface area contributed by atoms with Crippen molar-refractivity contribution in [2.24, 2.45) is 0 Å². The first-order valence-corrected chi connectivity index (χ1v) is 8.92. The van der Waals surface area contributed by atoms with Crippen LogP contribution in [0.3, 0.4) is 0 Å². The van der Waals surface area contributed by atoms with Crippen LogP contribution in [0.25, 0.3) is 0 Å². The molecule has 0 fully saturated rings. The molecule has 2 rings (SSSR count). The minimum atomic E-state index is -4.10. The van der Waals surface area contributed by atoms with Crippen LogP contribution in [0.2, 0.25) is 0 Å². The summed E-state index contributed by atoms with van der Waals surface area (Å²) in [5.41, 5.74) is 0.319. The molecule has 0 aliphatic carbocycles. The predicted octanol–water partition coefficient (Wildman–Crippen LogP) is 2.78. The number of hydrogen-bond acceptors (Lipinski definition) is 4. The summed E-state index contributed by atoms with van der Waals surface area (Å²) >= 11 is 0. The molecule has 0 radical (unpaired) electrons. The van der Waals surface area contributed by atoms with Gasteiger partial charge in [-0.2, -0.15) is 0 Å². The van der Waals surface area contributed by atoms with E-state index >= 15 is 0 Å². The van der Waals surface area contributed by atoms with Gasteiger partial charge in [0.25, 0.3) is 0 Å². The summed E-state index contributed by atoms with van der Waals surface area (Å²) in [6.45, 7) is 2.03. The van der Waals surface area contributed by atoms with Crippen molar-refractivity contribution >= 4 is 15.8 Å². The summed E-state index contributed by atoms with van der Waals surface area (Å²) in [6, 6.07) is 11.5. The summed E-state index contributed by atoms with van der Waals surface area (Å²) in [4.78, 5) is 11.7. The molecule has 24 heavy (non-hydrogen) atoms. The van der Waals surface area contributed by atoms with Gasteiger partial charge in [0, 0.05) is 5.56 Å². The van der Waals surface area contributed by atoms with Crippen LogP contribution in [-0.2, 0) is 10.0 Å². The van der Waals surface area contributed by atoms with Crippen molar-refractivity contribution in [3.05, 3.63) is 59.9 Å². The van der Waals surface area contributed by atoms with Gasteiger partial charge in [0.1, 0.15) is 16.5 Å². The Kier molecular flexibility index (Phi) is 6.05. The van der Waals surface area contributed by atoms with Crippen molar-refractivity contribution in [1.82, 2.24) is 4.72 Å². The van der Waals surface area contributed by atoms with Crippen molar-refractivity contribution < 1.29 is 22.3 Å². The minimum absolute atomic E-state index is 0.319. The Morgan fingerprint density at radius 1 is 1.17 bits per heavy atom. The van der Waals surface area contributed by atoms with Gasteiger partial charge in [-0.3, -0.25) is 4.79 Å². The monoisotopic (exact) mass is 351 g/mol. The molecule has 7 heteroatoms. The zero-order chi connectivity index (χ0) is 17.6. The minimum Gasteiger partial charge on any atom is -0.494 e. The zero-order valence-electron chi connectivity index (χ0n) is 13.2. The highest BCUT2D eigenvalue weighted by molar-refractivity contribution is 7.89. The van der Waals surface area contributed by atoms with Crippen LogP contribution in [0, 0.1) is 5.82 Å². The molecule has 0 bridgehead atoms. The van der Waals surface area contributed by atoms with Crippen molar-refractivity contribution in [3.8, 4) is 5.75 Å². The van der Waals surface area contributed by atoms with Gasteiger partial charge in [0.2, 0.25) is 10.0 Å². The second-order valence-electron chi connectivity index (χ2n) is 5.05. The highest BCUT2D eigenvalue weighted by Gasteiger charge is 2.19. The number of hydrogen-bond donors (Lipinski definition) is 1. The van der Waals surface area contributed by atoms with Gasteiger partial charge in [0.15, 0.2) is 5.78 Å². The molecule has 0 aliphatic heterocycles. The highest BCUT2D eigenvalue weighted by Crippen LogP contribution is 2.15. The highest BCUT2D eigenvalue weighted by atomic mass is 32.2. The van der Waals surface area contributed by atoms with E-state index in [1.54, 1.807) is 24.3 Å². The Bertz CT molecular complexity index is 821. The quantitative estimate of drug-likeness (QED) is 0.742. The summed E-state index contributed by atoms with van der Waals surface area (Å²) in [6.07, 6.45) is 0.834. The fourth-order valence-corrected chi connectivity index (χ4v) is 3.04.